The number of hydrogen-bond donors (Lipinski definition) is 1. The molecule has 21 heavy (non-hydrogen) atoms. The molecule has 0 spiro atoms. The van der Waals surface area contributed by atoms with Crippen LogP contribution in [-0.4, -0.2) is 19.7 Å². The van der Waals surface area contributed by atoms with Crippen molar-refractivity contribution in [1.82, 2.24) is 19.7 Å². The molecule has 0 bridgehead atoms. The Morgan fingerprint density at radius 3 is 2.62 bits per heavy atom. The van der Waals surface area contributed by atoms with E-state index in [2.05, 4.69) is 44.0 Å². The molecule has 0 radical (unpaired) electrons. The maximum absolute atomic E-state index is 5.13. The summed E-state index contributed by atoms with van der Waals surface area (Å²) < 4.78 is 2.57. The van der Waals surface area contributed by atoms with Gasteiger partial charge in [0.25, 0.3) is 0 Å². The van der Waals surface area contributed by atoms with E-state index in [-0.39, 0.29) is 0 Å². The fraction of sp³-hybridized carbons (Fsp3) is 0.0625. The van der Waals surface area contributed by atoms with Crippen molar-refractivity contribution in [3.05, 3.63) is 64.9 Å². The molecule has 1 N–H and O–H groups in total. The van der Waals surface area contributed by atoms with Crippen molar-refractivity contribution in [2.45, 2.75) is 6.54 Å². The Balaban J connectivity index is 2.04. The topological polar surface area (TPSA) is 46.5 Å². The molecule has 2 aromatic carbocycles. The molecular formula is C16H12N4S. The number of para-hydroxylation sites is 1. The molecule has 4 aromatic rings. The van der Waals surface area contributed by atoms with E-state index in [4.69, 9.17) is 12.2 Å². The molecule has 0 aliphatic carbocycles. The summed E-state index contributed by atoms with van der Waals surface area (Å²) in [5.74, 6) is 0. The Kier molecular flexibility index (Phi) is 2.79. The quantitative estimate of drug-likeness (QED) is 0.573. The first-order chi connectivity index (χ1) is 10.3. The molecule has 102 valence electrons. The van der Waals surface area contributed by atoms with Crippen molar-refractivity contribution in [3.63, 3.8) is 0 Å². The Labute approximate surface area is 126 Å². The first kappa shape index (κ1) is 12.2. The lowest BCUT2D eigenvalue weighted by Gasteiger charge is -2.06. The largest absolute Gasteiger partial charge is 0.319 e. The smallest absolute Gasteiger partial charge is 0.215 e. The summed E-state index contributed by atoms with van der Waals surface area (Å²) in [4.78, 5) is 4.47. The van der Waals surface area contributed by atoms with Crippen molar-refractivity contribution < 1.29 is 0 Å². The highest BCUT2D eigenvalue weighted by molar-refractivity contribution is 7.71. The van der Waals surface area contributed by atoms with Gasteiger partial charge in [-0.25, -0.2) is 0 Å². The van der Waals surface area contributed by atoms with Crippen molar-refractivity contribution in [1.29, 1.82) is 0 Å². The fourth-order valence-electron chi connectivity index (χ4n) is 2.65. The van der Waals surface area contributed by atoms with E-state index < -0.39 is 0 Å². The second-order valence-corrected chi connectivity index (χ2v) is 5.29. The normalized spacial score (nSPS) is 11.2. The summed E-state index contributed by atoms with van der Waals surface area (Å²) >= 11 is 5.13. The lowest BCUT2D eigenvalue weighted by atomic mass is 10.2. The highest BCUT2D eigenvalue weighted by Crippen LogP contribution is 2.26. The lowest BCUT2D eigenvalue weighted by Crippen LogP contribution is -2.01. The Hall–Kier alpha value is -2.53. The second kappa shape index (κ2) is 4.79. The summed E-state index contributed by atoms with van der Waals surface area (Å²) in [7, 11) is 0. The minimum absolute atomic E-state index is 0.402. The maximum Gasteiger partial charge on any atom is 0.215 e. The van der Waals surface area contributed by atoms with E-state index >= 15 is 0 Å². The molecule has 5 heteroatoms. The molecule has 0 fully saturated rings. The van der Waals surface area contributed by atoms with Gasteiger partial charge in [-0.2, -0.15) is 10.1 Å². The second-order valence-electron chi connectivity index (χ2n) is 4.90. The Bertz CT molecular complexity index is 985. The van der Waals surface area contributed by atoms with Gasteiger partial charge in [-0.05, 0) is 23.8 Å². The van der Waals surface area contributed by atoms with Crippen molar-refractivity contribution in [2.24, 2.45) is 0 Å². The summed E-state index contributed by atoms with van der Waals surface area (Å²) in [5.41, 5.74) is 4.02. The number of nitrogens with zero attached hydrogens (tertiary/aromatic N) is 3. The molecule has 0 aliphatic heterocycles. The summed E-state index contributed by atoms with van der Waals surface area (Å²) in [6.45, 7) is 0.748. The molecule has 0 saturated carbocycles. The van der Waals surface area contributed by atoms with Gasteiger partial charge in [-0.15, -0.1) is 0 Å². The SMILES string of the molecule is S=c1nc2c(n[nH]1)c1ccccc1n2Cc1ccccc1. The van der Waals surface area contributed by atoms with E-state index in [9.17, 15) is 0 Å². The number of fused-ring (bicyclic) bond motifs is 3. The van der Waals surface area contributed by atoms with Crippen LogP contribution in [0.25, 0.3) is 22.1 Å². The number of hydrogen-bond acceptors (Lipinski definition) is 3. The third kappa shape index (κ3) is 2.02. The number of aromatic amines is 1. The summed E-state index contributed by atoms with van der Waals surface area (Å²) in [6, 6.07) is 18.5. The van der Waals surface area contributed by atoms with Crippen LogP contribution in [0.2, 0.25) is 0 Å². The molecule has 0 aliphatic rings. The van der Waals surface area contributed by atoms with Crippen LogP contribution in [0, 0.1) is 4.77 Å². The molecule has 2 aromatic heterocycles. The third-order valence-electron chi connectivity index (χ3n) is 3.57. The summed E-state index contributed by atoms with van der Waals surface area (Å²) in [6.07, 6.45) is 0. The van der Waals surface area contributed by atoms with Gasteiger partial charge < -0.3 is 4.57 Å². The fourth-order valence-corrected chi connectivity index (χ4v) is 2.78. The lowest BCUT2D eigenvalue weighted by molar-refractivity contribution is 0.845. The van der Waals surface area contributed by atoms with E-state index in [1.807, 2.05) is 30.3 Å². The van der Waals surface area contributed by atoms with Crippen LogP contribution in [0.3, 0.4) is 0 Å². The number of nitrogens with one attached hydrogen (secondary N) is 1. The van der Waals surface area contributed by atoms with Gasteiger partial charge in [0.05, 0.1) is 5.52 Å². The Morgan fingerprint density at radius 2 is 1.76 bits per heavy atom. The number of rotatable bonds is 2. The molecule has 0 saturated heterocycles. The first-order valence-electron chi connectivity index (χ1n) is 6.70. The minimum atomic E-state index is 0.402. The van der Waals surface area contributed by atoms with Crippen molar-refractivity contribution in [2.75, 3.05) is 0 Å². The average molecular weight is 292 g/mol. The van der Waals surface area contributed by atoms with E-state index in [0.717, 1.165) is 28.6 Å². The number of benzene rings is 2. The number of aromatic nitrogens is 4. The van der Waals surface area contributed by atoms with Crippen LogP contribution in [0.5, 0.6) is 0 Å². The van der Waals surface area contributed by atoms with Crippen LogP contribution in [0.15, 0.2) is 54.6 Å². The zero-order valence-corrected chi connectivity index (χ0v) is 12.0. The zero-order valence-electron chi connectivity index (χ0n) is 11.2. The maximum atomic E-state index is 5.13. The van der Waals surface area contributed by atoms with Gasteiger partial charge >= 0.3 is 0 Å². The average Bonchev–Trinajstić information content (AvgIpc) is 2.82. The molecule has 4 nitrogen and oxygen atoms in total. The van der Waals surface area contributed by atoms with Crippen LogP contribution < -0.4 is 0 Å². The van der Waals surface area contributed by atoms with E-state index in [1.54, 1.807) is 0 Å². The summed E-state index contributed by atoms with van der Waals surface area (Å²) in [5, 5.41) is 8.23. The van der Waals surface area contributed by atoms with E-state index in [0.29, 0.717) is 4.77 Å². The molecule has 0 atom stereocenters. The van der Waals surface area contributed by atoms with Gasteiger partial charge in [0, 0.05) is 11.9 Å². The van der Waals surface area contributed by atoms with Gasteiger partial charge in [-0.1, -0.05) is 48.5 Å². The highest BCUT2D eigenvalue weighted by atomic mass is 32.1. The van der Waals surface area contributed by atoms with Gasteiger partial charge in [-0.3, -0.25) is 5.10 Å². The van der Waals surface area contributed by atoms with Crippen LogP contribution >= 0.6 is 12.2 Å². The predicted octanol–water partition coefficient (Wildman–Crippen LogP) is 3.69. The zero-order chi connectivity index (χ0) is 14.2. The van der Waals surface area contributed by atoms with Crippen LogP contribution in [0.1, 0.15) is 5.56 Å². The highest BCUT2D eigenvalue weighted by Gasteiger charge is 2.12. The molecule has 0 amide bonds. The van der Waals surface area contributed by atoms with Crippen molar-refractivity contribution >= 4 is 34.3 Å². The van der Waals surface area contributed by atoms with Gasteiger partial charge in [0.15, 0.2) is 5.65 Å². The van der Waals surface area contributed by atoms with Gasteiger partial charge in [0.2, 0.25) is 4.77 Å². The molecule has 4 rings (SSSR count). The predicted molar refractivity (Wildman–Crippen MR) is 85.8 cm³/mol. The Morgan fingerprint density at radius 1 is 1.00 bits per heavy atom. The van der Waals surface area contributed by atoms with Crippen LogP contribution in [-0.2, 0) is 6.54 Å². The molecule has 2 heterocycles. The molecule has 0 unspecified atom stereocenters. The number of H-pyrrole nitrogens is 1. The monoisotopic (exact) mass is 292 g/mol. The molecular weight excluding hydrogens is 280 g/mol. The minimum Gasteiger partial charge on any atom is -0.319 e. The van der Waals surface area contributed by atoms with Crippen molar-refractivity contribution in [3.8, 4) is 0 Å². The third-order valence-corrected chi connectivity index (χ3v) is 3.75. The van der Waals surface area contributed by atoms with E-state index in [1.165, 1.54) is 5.56 Å². The first-order valence-corrected chi connectivity index (χ1v) is 7.11. The van der Waals surface area contributed by atoms with Crippen LogP contribution in [0.4, 0.5) is 0 Å². The standard InChI is InChI=1S/C16H12N4S/c21-16-17-15-14(18-19-16)12-8-4-5-9-13(12)20(15)10-11-6-2-1-3-7-11/h1-9H,10H2,(H,17,19,21). The van der Waals surface area contributed by atoms with Gasteiger partial charge in [0.1, 0.15) is 5.52 Å².